The third kappa shape index (κ3) is 5.15. The lowest BCUT2D eigenvalue weighted by Crippen LogP contribution is -2.52. The van der Waals surface area contributed by atoms with Crippen molar-refractivity contribution in [3.63, 3.8) is 0 Å². The number of thiophene rings is 1. The highest BCUT2D eigenvalue weighted by Crippen LogP contribution is 2.36. The molecule has 0 radical (unpaired) electrons. The number of benzene rings is 1. The van der Waals surface area contributed by atoms with Gasteiger partial charge in [0.25, 0.3) is 0 Å². The van der Waals surface area contributed by atoms with Gasteiger partial charge in [-0.25, -0.2) is 13.8 Å². The lowest BCUT2D eigenvalue weighted by atomic mass is 10.0. The Morgan fingerprint density at radius 1 is 1.24 bits per heavy atom. The van der Waals surface area contributed by atoms with Crippen LogP contribution in [0.5, 0.6) is 0 Å². The number of nitrogens with one attached hydrogen (secondary N) is 2. The summed E-state index contributed by atoms with van der Waals surface area (Å²) in [5.41, 5.74) is 3.76. The van der Waals surface area contributed by atoms with Crippen LogP contribution in [0.15, 0.2) is 70.8 Å². The van der Waals surface area contributed by atoms with Crippen LogP contribution >= 0.6 is 11.3 Å². The minimum atomic E-state index is -0.273. The van der Waals surface area contributed by atoms with E-state index in [0.29, 0.717) is 5.70 Å². The summed E-state index contributed by atoms with van der Waals surface area (Å²) in [5.74, 6) is 0.449. The van der Waals surface area contributed by atoms with E-state index in [-0.39, 0.29) is 17.7 Å². The van der Waals surface area contributed by atoms with Crippen molar-refractivity contribution in [2.24, 2.45) is 4.99 Å². The number of nitrogens with zero attached hydrogens (tertiary/aromatic N) is 2. The highest BCUT2D eigenvalue weighted by molar-refractivity contribution is 7.16. The molecule has 1 aliphatic carbocycles. The lowest BCUT2D eigenvalue weighted by molar-refractivity contribution is 0.282. The largest absolute Gasteiger partial charge is 0.353 e. The molecule has 2 aliphatic heterocycles. The van der Waals surface area contributed by atoms with Gasteiger partial charge in [-0.1, -0.05) is 25.1 Å². The molecule has 7 heteroatoms. The molecular weight excluding hydrogens is 450 g/mol. The van der Waals surface area contributed by atoms with Gasteiger partial charge in [0.2, 0.25) is 0 Å². The smallest absolute Gasteiger partial charge is 0.139 e. The Kier molecular flexibility index (Phi) is 6.92. The van der Waals surface area contributed by atoms with E-state index in [4.69, 9.17) is 4.99 Å². The van der Waals surface area contributed by atoms with Gasteiger partial charge in [-0.05, 0) is 61.9 Å². The summed E-state index contributed by atoms with van der Waals surface area (Å²) in [7, 11) is 0. The van der Waals surface area contributed by atoms with E-state index in [1.165, 1.54) is 17.0 Å². The number of amidine groups is 1. The van der Waals surface area contributed by atoms with Gasteiger partial charge in [0, 0.05) is 42.3 Å². The summed E-state index contributed by atoms with van der Waals surface area (Å²) in [6.07, 6.45) is 9.21. The Morgan fingerprint density at radius 2 is 2.15 bits per heavy atom. The highest BCUT2D eigenvalue weighted by Gasteiger charge is 2.28. The first-order chi connectivity index (χ1) is 16.6. The molecule has 178 valence electrons. The molecule has 0 unspecified atom stereocenters. The molecule has 1 aromatic carbocycles. The molecule has 0 bridgehead atoms. The van der Waals surface area contributed by atoms with Crippen LogP contribution in [0.4, 0.5) is 13.8 Å². The second-order valence-corrected chi connectivity index (χ2v) is 10.1. The van der Waals surface area contributed by atoms with Crippen LogP contribution in [-0.2, 0) is 12.8 Å². The normalized spacial score (nSPS) is 22.9. The predicted octanol–water partition coefficient (Wildman–Crippen LogP) is 5.94. The molecule has 2 aromatic rings. The van der Waals surface area contributed by atoms with Crippen molar-refractivity contribution in [2.45, 2.75) is 45.1 Å². The summed E-state index contributed by atoms with van der Waals surface area (Å²) < 4.78 is 28.0. The summed E-state index contributed by atoms with van der Waals surface area (Å²) in [6, 6.07) is 9.34. The van der Waals surface area contributed by atoms with Crippen molar-refractivity contribution in [1.82, 2.24) is 10.2 Å². The van der Waals surface area contributed by atoms with E-state index in [1.54, 1.807) is 29.5 Å². The lowest BCUT2D eigenvalue weighted by Gasteiger charge is -2.36. The average Bonchev–Trinajstić information content (AvgIpc) is 3.18. The molecule has 4 nitrogen and oxygen atoms in total. The number of hydrogen-bond donors (Lipinski definition) is 2. The molecule has 3 heterocycles. The standard InChI is InChI=1S/C27H30F2N4S/c1-2-22-16-23-26(31-25-15-20(29)7-3-4-9-24(25)32-27(23)34-22)33-13-12-30-21(17-33)11-10-18-6-5-8-19(28)14-18/h3,5-8,14-16,21,30,32H,2,4,9-13,17H2,1H3/b7-3-,20-15+/t21-/m0/s1. The molecule has 34 heavy (non-hydrogen) atoms. The fourth-order valence-electron chi connectivity index (χ4n) is 4.72. The number of piperazine rings is 1. The number of aryl methyl sites for hydroxylation is 2. The number of rotatable bonds is 4. The summed E-state index contributed by atoms with van der Waals surface area (Å²) in [5, 5.41) is 8.30. The van der Waals surface area contributed by atoms with Crippen LogP contribution in [0.25, 0.3) is 0 Å². The maximum Gasteiger partial charge on any atom is 0.139 e. The van der Waals surface area contributed by atoms with E-state index in [0.717, 1.165) is 79.4 Å². The zero-order chi connectivity index (χ0) is 23.5. The minimum Gasteiger partial charge on any atom is -0.353 e. The predicted molar refractivity (Wildman–Crippen MR) is 137 cm³/mol. The van der Waals surface area contributed by atoms with Crippen molar-refractivity contribution in [3.05, 3.63) is 87.6 Å². The van der Waals surface area contributed by atoms with Crippen LogP contribution in [0.2, 0.25) is 0 Å². The molecule has 1 aromatic heterocycles. The van der Waals surface area contributed by atoms with Gasteiger partial charge in [0.15, 0.2) is 0 Å². The number of allylic oxidation sites excluding steroid dienone is 5. The topological polar surface area (TPSA) is 39.7 Å². The van der Waals surface area contributed by atoms with Gasteiger partial charge in [-0.3, -0.25) is 0 Å². The van der Waals surface area contributed by atoms with E-state index < -0.39 is 0 Å². The number of fused-ring (bicyclic) bond motifs is 1. The van der Waals surface area contributed by atoms with Crippen LogP contribution < -0.4 is 10.6 Å². The second-order valence-electron chi connectivity index (χ2n) is 8.97. The first-order valence-electron chi connectivity index (χ1n) is 12.1. The van der Waals surface area contributed by atoms with Gasteiger partial charge in [-0.15, -0.1) is 11.3 Å². The minimum absolute atomic E-state index is 0.189. The molecule has 0 saturated carbocycles. The summed E-state index contributed by atoms with van der Waals surface area (Å²) >= 11 is 1.76. The molecule has 0 spiro atoms. The Labute approximate surface area is 203 Å². The molecule has 0 amide bonds. The van der Waals surface area contributed by atoms with Gasteiger partial charge < -0.3 is 15.5 Å². The molecule has 3 aliphatic rings. The zero-order valence-corrected chi connectivity index (χ0v) is 20.2. The van der Waals surface area contributed by atoms with Gasteiger partial charge in [0.1, 0.15) is 22.5 Å². The van der Waals surface area contributed by atoms with E-state index in [9.17, 15) is 8.78 Å². The molecule has 1 atom stereocenters. The quantitative estimate of drug-likeness (QED) is 0.569. The number of hydrogen-bond acceptors (Lipinski definition) is 5. The van der Waals surface area contributed by atoms with Crippen LogP contribution in [0.1, 0.15) is 42.2 Å². The Balaban J connectivity index is 1.43. The Bertz CT molecular complexity index is 1180. The van der Waals surface area contributed by atoms with Gasteiger partial charge in [0.05, 0.1) is 11.3 Å². The van der Waals surface area contributed by atoms with Gasteiger partial charge in [-0.2, -0.15) is 0 Å². The number of halogens is 2. The summed E-state index contributed by atoms with van der Waals surface area (Å²) in [4.78, 5) is 8.70. The van der Waals surface area contributed by atoms with Crippen molar-refractivity contribution in [3.8, 4) is 0 Å². The third-order valence-electron chi connectivity index (χ3n) is 6.51. The van der Waals surface area contributed by atoms with E-state index in [1.807, 2.05) is 12.1 Å². The number of anilines is 1. The van der Waals surface area contributed by atoms with Crippen LogP contribution in [0.3, 0.4) is 0 Å². The van der Waals surface area contributed by atoms with Crippen molar-refractivity contribution in [2.75, 3.05) is 25.0 Å². The zero-order valence-electron chi connectivity index (χ0n) is 19.4. The average molecular weight is 481 g/mol. The second kappa shape index (κ2) is 10.2. The van der Waals surface area contributed by atoms with Crippen molar-refractivity contribution in [1.29, 1.82) is 0 Å². The molecule has 1 saturated heterocycles. The maximum absolute atomic E-state index is 14.4. The van der Waals surface area contributed by atoms with Crippen LogP contribution in [-0.4, -0.2) is 36.4 Å². The Hall–Kier alpha value is -2.77. The SMILES string of the molecule is CCc1cc2c(s1)NC1=C(/C=C(F)\C=C/CC1)N=C2N1CCN[C@@H](CCc2cccc(F)c2)C1. The van der Waals surface area contributed by atoms with E-state index >= 15 is 0 Å². The van der Waals surface area contributed by atoms with Crippen LogP contribution in [0, 0.1) is 5.82 Å². The van der Waals surface area contributed by atoms with E-state index in [2.05, 4.69) is 28.5 Å². The van der Waals surface area contributed by atoms with Crippen molar-refractivity contribution >= 4 is 22.2 Å². The Morgan fingerprint density at radius 3 is 3.00 bits per heavy atom. The monoisotopic (exact) mass is 480 g/mol. The summed E-state index contributed by atoms with van der Waals surface area (Å²) in [6.45, 7) is 4.65. The third-order valence-corrected chi connectivity index (χ3v) is 7.71. The van der Waals surface area contributed by atoms with Crippen molar-refractivity contribution < 1.29 is 8.78 Å². The molecule has 2 N–H and O–H groups in total. The number of aliphatic imine (C=N–C) groups is 1. The molecule has 1 fully saturated rings. The van der Waals surface area contributed by atoms with Gasteiger partial charge >= 0.3 is 0 Å². The highest BCUT2D eigenvalue weighted by atomic mass is 32.1. The first-order valence-corrected chi connectivity index (χ1v) is 12.9. The molecule has 5 rings (SSSR count). The fraction of sp³-hybridized carbons (Fsp3) is 0.370. The fourth-order valence-corrected chi connectivity index (χ4v) is 5.73. The molecular formula is C27H30F2N4S. The first kappa shape index (κ1) is 23.0. The maximum atomic E-state index is 14.4.